The Balaban J connectivity index is 2.11. The standard InChI is InChI=1S/C16H16Cl2N2O3S/c1-10-5-3-6-11(2)15(10)20-14(21)9-19-24(22,23)16-12(17)7-4-8-13(16)18/h3-8,19H,9H2,1-2H3,(H,20,21). The van der Waals surface area contributed by atoms with Gasteiger partial charge < -0.3 is 5.32 Å². The second kappa shape index (κ2) is 7.53. The van der Waals surface area contributed by atoms with Gasteiger partial charge in [0, 0.05) is 5.69 Å². The Morgan fingerprint density at radius 2 is 1.50 bits per heavy atom. The lowest BCUT2D eigenvalue weighted by Crippen LogP contribution is -2.33. The summed E-state index contributed by atoms with van der Waals surface area (Å²) < 4.78 is 26.8. The molecule has 2 N–H and O–H groups in total. The molecule has 128 valence electrons. The van der Waals surface area contributed by atoms with Crippen molar-refractivity contribution in [3.63, 3.8) is 0 Å². The van der Waals surface area contributed by atoms with E-state index in [-0.39, 0.29) is 14.9 Å². The van der Waals surface area contributed by atoms with E-state index in [2.05, 4.69) is 10.0 Å². The number of rotatable bonds is 5. The van der Waals surface area contributed by atoms with Crippen LogP contribution in [0.3, 0.4) is 0 Å². The lowest BCUT2D eigenvalue weighted by molar-refractivity contribution is -0.115. The third kappa shape index (κ3) is 4.27. The number of sulfonamides is 1. The van der Waals surface area contributed by atoms with Gasteiger partial charge in [0.05, 0.1) is 16.6 Å². The van der Waals surface area contributed by atoms with E-state index in [0.717, 1.165) is 11.1 Å². The van der Waals surface area contributed by atoms with Crippen molar-refractivity contribution < 1.29 is 13.2 Å². The molecule has 0 heterocycles. The monoisotopic (exact) mass is 386 g/mol. The van der Waals surface area contributed by atoms with Crippen LogP contribution in [0.15, 0.2) is 41.3 Å². The van der Waals surface area contributed by atoms with Crippen LogP contribution in [0.5, 0.6) is 0 Å². The first-order valence-electron chi connectivity index (χ1n) is 7.02. The quantitative estimate of drug-likeness (QED) is 0.824. The van der Waals surface area contributed by atoms with Crippen molar-refractivity contribution in [3.8, 4) is 0 Å². The lowest BCUT2D eigenvalue weighted by Gasteiger charge is -2.13. The van der Waals surface area contributed by atoms with Gasteiger partial charge in [0.25, 0.3) is 0 Å². The summed E-state index contributed by atoms with van der Waals surface area (Å²) in [7, 11) is -4.00. The first kappa shape index (κ1) is 18.7. The Hall–Kier alpha value is -1.60. The zero-order valence-electron chi connectivity index (χ0n) is 13.1. The van der Waals surface area contributed by atoms with E-state index in [0.29, 0.717) is 5.69 Å². The van der Waals surface area contributed by atoms with Crippen molar-refractivity contribution >= 4 is 44.8 Å². The molecule has 5 nitrogen and oxygen atoms in total. The van der Waals surface area contributed by atoms with Gasteiger partial charge in [-0.25, -0.2) is 13.1 Å². The van der Waals surface area contributed by atoms with Gasteiger partial charge in [-0.15, -0.1) is 0 Å². The molecule has 0 aromatic heterocycles. The molecule has 0 atom stereocenters. The van der Waals surface area contributed by atoms with Crippen molar-refractivity contribution in [1.82, 2.24) is 4.72 Å². The topological polar surface area (TPSA) is 75.3 Å². The van der Waals surface area contributed by atoms with Gasteiger partial charge >= 0.3 is 0 Å². The number of carbonyl (C=O) groups excluding carboxylic acids is 1. The molecule has 2 aromatic rings. The summed E-state index contributed by atoms with van der Waals surface area (Å²) in [5, 5.41) is 2.68. The highest BCUT2D eigenvalue weighted by atomic mass is 35.5. The highest BCUT2D eigenvalue weighted by molar-refractivity contribution is 7.89. The number of para-hydroxylation sites is 1. The number of hydrogen-bond donors (Lipinski definition) is 2. The van der Waals surface area contributed by atoms with Gasteiger partial charge in [0.2, 0.25) is 15.9 Å². The van der Waals surface area contributed by atoms with E-state index in [4.69, 9.17) is 23.2 Å². The first-order valence-corrected chi connectivity index (χ1v) is 9.26. The fourth-order valence-corrected chi connectivity index (χ4v) is 4.29. The van der Waals surface area contributed by atoms with Crippen molar-refractivity contribution in [3.05, 3.63) is 57.6 Å². The van der Waals surface area contributed by atoms with Crippen molar-refractivity contribution in [2.24, 2.45) is 0 Å². The Morgan fingerprint density at radius 1 is 1.00 bits per heavy atom. The molecule has 24 heavy (non-hydrogen) atoms. The number of anilines is 1. The maximum atomic E-state index is 12.3. The van der Waals surface area contributed by atoms with Gasteiger partial charge in [-0.2, -0.15) is 0 Å². The van der Waals surface area contributed by atoms with Crippen LogP contribution < -0.4 is 10.0 Å². The van der Waals surface area contributed by atoms with Crippen LogP contribution in [0.1, 0.15) is 11.1 Å². The molecule has 0 radical (unpaired) electrons. The normalized spacial score (nSPS) is 11.3. The van der Waals surface area contributed by atoms with Crippen LogP contribution in [-0.4, -0.2) is 20.9 Å². The summed E-state index contributed by atoms with van der Waals surface area (Å²) >= 11 is 11.8. The zero-order chi connectivity index (χ0) is 17.9. The summed E-state index contributed by atoms with van der Waals surface area (Å²) in [4.78, 5) is 11.8. The molecule has 8 heteroatoms. The molecule has 0 spiro atoms. The fourth-order valence-electron chi connectivity index (χ4n) is 2.17. The summed E-state index contributed by atoms with van der Waals surface area (Å²) in [5.74, 6) is -0.487. The van der Waals surface area contributed by atoms with Crippen LogP contribution in [0.25, 0.3) is 0 Å². The van der Waals surface area contributed by atoms with Crippen LogP contribution in [0.2, 0.25) is 10.0 Å². The molecular formula is C16H16Cl2N2O3S. The maximum Gasteiger partial charge on any atom is 0.244 e. The molecule has 1 amide bonds. The molecule has 2 rings (SSSR count). The minimum Gasteiger partial charge on any atom is -0.324 e. The van der Waals surface area contributed by atoms with Crippen LogP contribution >= 0.6 is 23.2 Å². The number of benzene rings is 2. The van der Waals surface area contributed by atoms with Gasteiger partial charge in [0.1, 0.15) is 4.90 Å². The van der Waals surface area contributed by atoms with E-state index >= 15 is 0 Å². The SMILES string of the molecule is Cc1cccc(C)c1NC(=O)CNS(=O)(=O)c1c(Cl)cccc1Cl. The maximum absolute atomic E-state index is 12.3. The van der Waals surface area contributed by atoms with Crippen molar-refractivity contribution in [2.45, 2.75) is 18.7 Å². The number of hydrogen-bond acceptors (Lipinski definition) is 3. The number of carbonyl (C=O) groups is 1. The van der Waals surface area contributed by atoms with Gasteiger partial charge in [-0.1, -0.05) is 47.5 Å². The molecule has 0 bridgehead atoms. The zero-order valence-corrected chi connectivity index (χ0v) is 15.4. The molecule has 0 aliphatic rings. The molecule has 0 saturated carbocycles. The van der Waals surface area contributed by atoms with E-state index in [1.165, 1.54) is 18.2 Å². The summed E-state index contributed by atoms with van der Waals surface area (Å²) in [6.45, 7) is 3.28. The molecule has 0 aliphatic carbocycles. The number of amides is 1. The van der Waals surface area contributed by atoms with Crippen molar-refractivity contribution in [1.29, 1.82) is 0 Å². The van der Waals surface area contributed by atoms with Gasteiger partial charge in [-0.05, 0) is 37.1 Å². The Bertz CT molecular complexity index is 842. The van der Waals surface area contributed by atoms with E-state index in [1.807, 2.05) is 32.0 Å². The number of aryl methyl sites for hydroxylation is 2. The Kier molecular flexibility index (Phi) is 5.87. The van der Waals surface area contributed by atoms with Crippen molar-refractivity contribution in [2.75, 3.05) is 11.9 Å². The highest BCUT2D eigenvalue weighted by Gasteiger charge is 2.22. The first-order chi connectivity index (χ1) is 11.2. The second-order valence-electron chi connectivity index (χ2n) is 5.19. The second-order valence-corrected chi connectivity index (χ2v) is 7.71. The molecule has 0 aliphatic heterocycles. The average Bonchev–Trinajstić information content (AvgIpc) is 2.49. The summed E-state index contributed by atoms with van der Waals surface area (Å²) in [6.07, 6.45) is 0. The van der Waals surface area contributed by atoms with Crippen LogP contribution in [-0.2, 0) is 14.8 Å². The third-order valence-corrected chi connectivity index (χ3v) is 5.71. The lowest BCUT2D eigenvalue weighted by atomic mass is 10.1. The number of halogens is 2. The van der Waals surface area contributed by atoms with E-state index in [9.17, 15) is 13.2 Å². The number of nitrogens with one attached hydrogen (secondary N) is 2. The van der Waals surface area contributed by atoms with Gasteiger partial charge in [-0.3, -0.25) is 4.79 Å². The molecule has 0 saturated heterocycles. The molecule has 2 aromatic carbocycles. The van der Waals surface area contributed by atoms with E-state index < -0.39 is 22.5 Å². The van der Waals surface area contributed by atoms with Crippen LogP contribution in [0.4, 0.5) is 5.69 Å². The summed E-state index contributed by atoms with van der Waals surface area (Å²) in [6, 6.07) is 9.96. The smallest absolute Gasteiger partial charge is 0.244 e. The Morgan fingerprint density at radius 3 is 2.04 bits per heavy atom. The Labute approximate surface area is 151 Å². The third-order valence-electron chi connectivity index (χ3n) is 3.36. The fraction of sp³-hybridized carbons (Fsp3) is 0.188. The average molecular weight is 387 g/mol. The molecule has 0 unspecified atom stereocenters. The summed E-state index contributed by atoms with van der Waals surface area (Å²) in [5.41, 5.74) is 2.44. The molecule has 0 fully saturated rings. The predicted molar refractivity (Wildman–Crippen MR) is 96.2 cm³/mol. The van der Waals surface area contributed by atoms with Gasteiger partial charge in [0.15, 0.2) is 0 Å². The van der Waals surface area contributed by atoms with E-state index in [1.54, 1.807) is 0 Å². The molecular weight excluding hydrogens is 371 g/mol. The highest BCUT2D eigenvalue weighted by Crippen LogP contribution is 2.28. The predicted octanol–water partition coefficient (Wildman–Crippen LogP) is 3.53. The minimum absolute atomic E-state index is 0.00911. The largest absolute Gasteiger partial charge is 0.324 e. The minimum atomic E-state index is -4.00. The van der Waals surface area contributed by atoms with Crippen LogP contribution in [0, 0.1) is 13.8 Å².